The number of sulfonamides is 1. The van der Waals surface area contributed by atoms with Crippen molar-refractivity contribution in [2.45, 2.75) is 38.6 Å². The van der Waals surface area contributed by atoms with E-state index in [1.54, 1.807) is 11.2 Å². The van der Waals surface area contributed by atoms with Crippen LogP contribution in [0.3, 0.4) is 0 Å². The summed E-state index contributed by atoms with van der Waals surface area (Å²) >= 11 is 6.03. The molecule has 0 radical (unpaired) electrons. The molecule has 1 aliphatic heterocycles. The first-order valence-electron chi connectivity index (χ1n) is 7.89. The van der Waals surface area contributed by atoms with E-state index in [1.165, 1.54) is 5.56 Å². The second-order valence-corrected chi connectivity index (χ2v) is 8.63. The van der Waals surface area contributed by atoms with Crippen LogP contribution in [0, 0.1) is 0 Å². The standard InChI is InChI=1S/C16H25ClN2O2S/c1-3-22(20,21)19-9-7-16(8-10-19)18-12-13(2)14-5-4-6-15(17)11-14/h4-6,11,13,16,18H,3,7-10,12H2,1-2H3/t13-/m1/s1. The maximum absolute atomic E-state index is 11.8. The van der Waals surface area contributed by atoms with Gasteiger partial charge in [-0.3, -0.25) is 0 Å². The Hall–Kier alpha value is -0.620. The van der Waals surface area contributed by atoms with Crippen molar-refractivity contribution < 1.29 is 8.42 Å². The number of piperidine rings is 1. The lowest BCUT2D eigenvalue weighted by Gasteiger charge is -2.32. The summed E-state index contributed by atoms with van der Waals surface area (Å²) in [5.74, 6) is 0.577. The number of rotatable bonds is 6. The third kappa shape index (κ3) is 4.69. The van der Waals surface area contributed by atoms with Crippen LogP contribution in [0.1, 0.15) is 38.2 Å². The van der Waals surface area contributed by atoms with Gasteiger partial charge in [0.05, 0.1) is 5.75 Å². The Balaban J connectivity index is 1.79. The average Bonchev–Trinajstić information content (AvgIpc) is 2.53. The van der Waals surface area contributed by atoms with Gasteiger partial charge >= 0.3 is 0 Å². The summed E-state index contributed by atoms with van der Waals surface area (Å²) in [4.78, 5) is 0. The van der Waals surface area contributed by atoms with Crippen molar-refractivity contribution >= 4 is 21.6 Å². The molecule has 1 saturated heterocycles. The Kier molecular flexibility index (Phi) is 6.26. The van der Waals surface area contributed by atoms with Crippen molar-refractivity contribution in [1.82, 2.24) is 9.62 Å². The molecule has 1 aliphatic rings. The highest BCUT2D eigenvalue weighted by atomic mass is 35.5. The molecule has 1 fully saturated rings. The first kappa shape index (κ1) is 17.7. The molecular formula is C16H25ClN2O2S. The first-order valence-corrected chi connectivity index (χ1v) is 9.87. The van der Waals surface area contributed by atoms with Crippen LogP contribution in [0.25, 0.3) is 0 Å². The van der Waals surface area contributed by atoms with E-state index in [-0.39, 0.29) is 5.75 Å². The molecule has 1 aromatic carbocycles. The molecule has 124 valence electrons. The minimum atomic E-state index is -3.03. The van der Waals surface area contributed by atoms with E-state index >= 15 is 0 Å². The van der Waals surface area contributed by atoms with Crippen molar-refractivity contribution in [3.8, 4) is 0 Å². The smallest absolute Gasteiger partial charge is 0.213 e. The van der Waals surface area contributed by atoms with Crippen LogP contribution in [-0.4, -0.2) is 44.2 Å². The van der Waals surface area contributed by atoms with Gasteiger partial charge in [0.1, 0.15) is 0 Å². The van der Waals surface area contributed by atoms with Crippen molar-refractivity contribution in [3.05, 3.63) is 34.9 Å². The second-order valence-electron chi connectivity index (χ2n) is 5.94. The van der Waals surface area contributed by atoms with Crippen molar-refractivity contribution in [1.29, 1.82) is 0 Å². The molecule has 0 aliphatic carbocycles. The number of benzene rings is 1. The normalized spacial score (nSPS) is 19.2. The minimum absolute atomic E-state index is 0.191. The quantitative estimate of drug-likeness (QED) is 0.863. The summed E-state index contributed by atoms with van der Waals surface area (Å²) in [5.41, 5.74) is 1.23. The molecule has 22 heavy (non-hydrogen) atoms. The van der Waals surface area contributed by atoms with Crippen molar-refractivity contribution in [3.63, 3.8) is 0 Å². The number of hydrogen-bond acceptors (Lipinski definition) is 3. The summed E-state index contributed by atoms with van der Waals surface area (Å²) < 4.78 is 25.3. The van der Waals surface area contributed by atoms with Crippen LogP contribution < -0.4 is 5.32 Å². The van der Waals surface area contributed by atoms with Crippen molar-refractivity contribution in [2.75, 3.05) is 25.4 Å². The lowest BCUT2D eigenvalue weighted by molar-refractivity contribution is 0.288. The molecule has 2 rings (SSSR count). The van der Waals surface area contributed by atoms with Gasteiger partial charge in [0.25, 0.3) is 0 Å². The molecule has 1 heterocycles. The van der Waals surface area contributed by atoms with Crippen LogP contribution in [0.5, 0.6) is 0 Å². The van der Waals surface area contributed by atoms with Crippen molar-refractivity contribution in [2.24, 2.45) is 0 Å². The lowest BCUT2D eigenvalue weighted by Crippen LogP contribution is -2.46. The fourth-order valence-corrected chi connectivity index (χ4v) is 4.13. The maximum atomic E-state index is 11.8. The van der Waals surface area contributed by atoms with Gasteiger partial charge in [-0.15, -0.1) is 0 Å². The lowest BCUT2D eigenvalue weighted by atomic mass is 10.00. The number of hydrogen-bond donors (Lipinski definition) is 1. The molecular weight excluding hydrogens is 320 g/mol. The van der Waals surface area contributed by atoms with Crippen LogP contribution in [0.15, 0.2) is 24.3 Å². The molecule has 0 saturated carbocycles. The zero-order valence-corrected chi connectivity index (χ0v) is 14.8. The predicted molar refractivity (Wildman–Crippen MR) is 91.9 cm³/mol. The molecule has 0 unspecified atom stereocenters. The van der Waals surface area contributed by atoms with E-state index in [0.717, 1.165) is 24.4 Å². The molecule has 1 N–H and O–H groups in total. The van der Waals surface area contributed by atoms with Gasteiger partial charge in [0, 0.05) is 30.7 Å². The Morgan fingerprint density at radius 2 is 2.05 bits per heavy atom. The van der Waals surface area contributed by atoms with E-state index in [2.05, 4.69) is 18.3 Å². The Bertz CT molecular complexity index is 584. The summed E-state index contributed by atoms with van der Waals surface area (Å²) in [6.07, 6.45) is 1.75. The van der Waals surface area contributed by atoms with E-state index < -0.39 is 10.0 Å². The zero-order chi connectivity index (χ0) is 16.2. The third-order valence-electron chi connectivity index (χ3n) is 4.34. The van der Waals surface area contributed by atoms with Gasteiger partial charge < -0.3 is 5.32 Å². The van der Waals surface area contributed by atoms with Gasteiger partial charge in [-0.05, 0) is 43.4 Å². The molecule has 0 spiro atoms. The largest absolute Gasteiger partial charge is 0.313 e. The number of nitrogens with zero attached hydrogens (tertiary/aromatic N) is 1. The third-order valence-corrected chi connectivity index (χ3v) is 6.46. The summed E-state index contributed by atoms with van der Waals surface area (Å²) in [6.45, 7) is 6.01. The van der Waals surface area contributed by atoms with Crippen LogP contribution in [0.4, 0.5) is 0 Å². The predicted octanol–water partition coefficient (Wildman–Crippen LogP) is 2.85. The van der Waals surface area contributed by atoms with E-state index in [4.69, 9.17) is 11.6 Å². The molecule has 1 atom stereocenters. The van der Waals surface area contributed by atoms with Crippen LogP contribution in [0.2, 0.25) is 5.02 Å². The van der Waals surface area contributed by atoms with Gasteiger partial charge in [-0.1, -0.05) is 30.7 Å². The minimum Gasteiger partial charge on any atom is -0.313 e. The highest BCUT2D eigenvalue weighted by Crippen LogP contribution is 2.20. The maximum Gasteiger partial charge on any atom is 0.213 e. The second kappa shape index (κ2) is 7.77. The van der Waals surface area contributed by atoms with Crippen LogP contribution >= 0.6 is 11.6 Å². The van der Waals surface area contributed by atoms with Crippen LogP contribution in [-0.2, 0) is 10.0 Å². The highest BCUT2D eigenvalue weighted by Gasteiger charge is 2.26. The van der Waals surface area contributed by atoms with Gasteiger partial charge in [-0.2, -0.15) is 0 Å². The molecule has 1 aromatic rings. The summed E-state index contributed by atoms with van der Waals surface area (Å²) in [6, 6.07) is 8.35. The molecule has 6 heteroatoms. The SMILES string of the molecule is CCS(=O)(=O)N1CCC(NC[C@@H](C)c2cccc(Cl)c2)CC1. The summed E-state index contributed by atoms with van der Waals surface area (Å²) in [7, 11) is -3.03. The van der Waals surface area contributed by atoms with Gasteiger partial charge in [0.2, 0.25) is 10.0 Å². The van der Waals surface area contributed by atoms with E-state index in [0.29, 0.717) is 25.0 Å². The first-order chi connectivity index (χ1) is 10.4. The highest BCUT2D eigenvalue weighted by molar-refractivity contribution is 7.89. The van der Waals surface area contributed by atoms with Gasteiger partial charge in [-0.25, -0.2) is 12.7 Å². The fraction of sp³-hybridized carbons (Fsp3) is 0.625. The van der Waals surface area contributed by atoms with E-state index in [9.17, 15) is 8.42 Å². The van der Waals surface area contributed by atoms with Gasteiger partial charge in [0.15, 0.2) is 0 Å². The summed E-state index contributed by atoms with van der Waals surface area (Å²) in [5, 5.41) is 4.33. The Morgan fingerprint density at radius 3 is 2.64 bits per heavy atom. The average molecular weight is 345 g/mol. The van der Waals surface area contributed by atoms with E-state index in [1.807, 2.05) is 18.2 Å². The fourth-order valence-electron chi connectivity index (χ4n) is 2.80. The number of nitrogens with one attached hydrogen (secondary N) is 1. The topological polar surface area (TPSA) is 49.4 Å². The Labute approximate surface area is 138 Å². The molecule has 0 amide bonds. The molecule has 0 bridgehead atoms. The molecule has 0 aromatic heterocycles. The zero-order valence-electron chi connectivity index (χ0n) is 13.3. The number of halogens is 1. The monoisotopic (exact) mass is 344 g/mol. The molecule has 4 nitrogen and oxygen atoms in total. The Morgan fingerprint density at radius 1 is 1.36 bits per heavy atom.